The van der Waals surface area contributed by atoms with Crippen LogP contribution in [0.2, 0.25) is 0 Å². The Morgan fingerprint density at radius 2 is 1.81 bits per heavy atom. The number of alkyl halides is 3. The van der Waals surface area contributed by atoms with Crippen molar-refractivity contribution in [2.45, 2.75) is 11.1 Å². The summed E-state index contributed by atoms with van der Waals surface area (Å²) in [6.07, 6.45) is -4.72. The molecule has 0 saturated carbocycles. The first-order valence-electron chi connectivity index (χ1n) is 6.14. The van der Waals surface area contributed by atoms with Gasteiger partial charge in [-0.15, -0.1) is 0 Å². The molecule has 0 aliphatic heterocycles. The Morgan fingerprint density at radius 3 is 2.43 bits per heavy atom. The minimum Gasteiger partial charge on any atom is -0.383 e. The maximum absolute atomic E-state index is 12.8. The third kappa shape index (κ3) is 5.62. The number of methoxy groups -OCH3 is 1. The van der Waals surface area contributed by atoms with Crippen molar-refractivity contribution in [3.8, 4) is 0 Å². The van der Waals surface area contributed by atoms with Gasteiger partial charge in [0.1, 0.15) is 0 Å². The molecule has 120 valence electrons. The first-order valence-corrected chi connectivity index (χ1v) is 7.63. The number of sulfonamides is 1. The van der Waals surface area contributed by atoms with Gasteiger partial charge >= 0.3 is 6.18 Å². The van der Waals surface area contributed by atoms with E-state index in [1.54, 1.807) is 0 Å². The van der Waals surface area contributed by atoms with Crippen molar-refractivity contribution in [3.63, 3.8) is 0 Å². The number of rotatable bonds is 8. The fourth-order valence-corrected chi connectivity index (χ4v) is 2.84. The Hall–Kier alpha value is -1.16. The lowest BCUT2D eigenvalue weighted by molar-refractivity contribution is -0.139. The molecule has 2 N–H and O–H groups in total. The Morgan fingerprint density at radius 1 is 1.14 bits per heavy atom. The van der Waals surface area contributed by atoms with Crippen LogP contribution in [0.4, 0.5) is 13.2 Å². The molecular formula is C12H17F3N2O3S. The summed E-state index contributed by atoms with van der Waals surface area (Å²) >= 11 is 0. The zero-order valence-electron chi connectivity index (χ0n) is 11.4. The zero-order chi connectivity index (χ0) is 15.9. The van der Waals surface area contributed by atoms with Gasteiger partial charge in [-0.05, 0) is 12.1 Å². The fourth-order valence-electron chi connectivity index (χ4n) is 1.59. The van der Waals surface area contributed by atoms with Gasteiger partial charge in [-0.1, -0.05) is 12.1 Å². The van der Waals surface area contributed by atoms with E-state index in [0.29, 0.717) is 13.2 Å². The topological polar surface area (TPSA) is 67.4 Å². The highest BCUT2D eigenvalue weighted by atomic mass is 32.2. The third-order valence-electron chi connectivity index (χ3n) is 2.56. The Balaban J connectivity index is 2.71. The van der Waals surface area contributed by atoms with Crippen LogP contribution in [0.3, 0.4) is 0 Å². The summed E-state index contributed by atoms with van der Waals surface area (Å²) < 4.78 is 69.1. The predicted octanol–water partition coefficient (Wildman–Crippen LogP) is 1.22. The molecule has 5 nitrogen and oxygen atoms in total. The van der Waals surface area contributed by atoms with Crippen LogP contribution in [-0.4, -0.2) is 41.8 Å². The van der Waals surface area contributed by atoms with E-state index >= 15 is 0 Å². The lowest BCUT2D eigenvalue weighted by atomic mass is 10.2. The van der Waals surface area contributed by atoms with Crippen molar-refractivity contribution in [1.82, 2.24) is 10.0 Å². The largest absolute Gasteiger partial charge is 0.417 e. The van der Waals surface area contributed by atoms with E-state index in [0.717, 1.165) is 18.2 Å². The minimum atomic E-state index is -4.72. The number of nitrogens with one attached hydrogen (secondary N) is 2. The molecule has 0 amide bonds. The van der Waals surface area contributed by atoms with Gasteiger partial charge in [-0.3, -0.25) is 0 Å². The van der Waals surface area contributed by atoms with Crippen LogP contribution in [0.1, 0.15) is 5.56 Å². The standard InChI is InChI=1S/C12H17F3N2O3S/c1-20-9-8-16-6-7-17-21(18,19)11-5-3-2-4-10(11)12(13,14)15/h2-5,16-17H,6-9H2,1H3. The van der Waals surface area contributed by atoms with E-state index in [9.17, 15) is 21.6 Å². The second-order valence-electron chi connectivity index (χ2n) is 4.13. The molecule has 0 saturated heterocycles. The molecule has 21 heavy (non-hydrogen) atoms. The van der Waals surface area contributed by atoms with Crippen LogP contribution in [0.5, 0.6) is 0 Å². The van der Waals surface area contributed by atoms with Crippen LogP contribution >= 0.6 is 0 Å². The highest BCUT2D eigenvalue weighted by molar-refractivity contribution is 7.89. The molecule has 0 radical (unpaired) electrons. The quantitative estimate of drug-likeness (QED) is 0.705. The summed E-state index contributed by atoms with van der Waals surface area (Å²) in [5.74, 6) is 0. The molecule has 0 atom stereocenters. The molecule has 9 heteroatoms. The first-order chi connectivity index (χ1) is 9.79. The van der Waals surface area contributed by atoms with E-state index in [1.807, 2.05) is 0 Å². The van der Waals surface area contributed by atoms with Crippen LogP contribution in [0, 0.1) is 0 Å². The lowest BCUT2D eigenvalue weighted by Crippen LogP contribution is -2.34. The van der Waals surface area contributed by atoms with Crippen LogP contribution in [0.25, 0.3) is 0 Å². The molecule has 0 aromatic heterocycles. The van der Waals surface area contributed by atoms with E-state index in [2.05, 4.69) is 10.0 Å². The maximum Gasteiger partial charge on any atom is 0.417 e. The Kier molecular flexibility index (Phi) is 6.59. The molecule has 1 rings (SSSR count). The summed E-state index contributed by atoms with van der Waals surface area (Å²) in [4.78, 5) is -0.769. The van der Waals surface area contributed by atoms with E-state index in [4.69, 9.17) is 4.74 Å². The van der Waals surface area contributed by atoms with Crippen molar-refractivity contribution in [2.75, 3.05) is 33.4 Å². The second kappa shape index (κ2) is 7.74. The fraction of sp³-hybridized carbons (Fsp3) is 0.500. The van der Waals surface area contributed by atoms with Crippen molar-refractivity contribution in [2.24, 2.45) is 0 Å². The lowest BCUT2D eigenvalue weighted by Gasteiger charge is -2.13. The molecule has 1 aromatic carbocycles. The zero-order valence-corrected chi connectivity index (χ0v) is 12.2. The summed E-state index contributed by atoms with van der Waals surface area (Å²) in [7, 11) is -2.68. The first kappa shape index (κ1) is 17.9. The van der Waals surface area contributed by atoms with E-state index < -0.39 is 26.7 Å². The number of ether oxygens (including phenoxy) is 1. The molecular weight excluding hydrogens is 309 g/mol. The molecule has 0 unspecified atom stereocenters. The van der Waals surface area contributed by atoms with Gasteiger partial charge in [0.25, 0.3) is 0 Å². The Bertz CT molecular complexity index is 547. The van der Waals surface area contributed by atoms with Gasteiger partial charge in [0.15, 0.2) is 0 Å². The molecule has 0 heterocycles. The molecule has 0 spiro atoms. The van der Waals surface area contributed by atoms with Crippen molar-refractivity contribution < 1.29 is 26.3 Å². The van der Waals surface area contributed by atoms with Gasteiger partial charge in [-0.2, -0.15) is 13.2 Å². The van der Waals surface area contributed by atoms with Crippen LogP contribution in [0.15, 0.2) is 29.2 Å². The number of benzene rings is 1. The predicted molar refractivity (Wildman–Crippen MR) is 71.4 cm³/mol. The summed E-state index contributed by atoms with van der Waals surface area (Å²) in [5.41, 5.74) is -1.18. The van der Waals surface area contributed by atoms with E-state index in [-0.39, 0.29) is 13.1 Å². The number of hydrogen-bond donors (Lipinski definition) is 2. The van der Waals surface area contributed by atoms with Gasteiger partial charge in [-0.25, -0.2) is 13.1 Å². The van der Waals surface area contributed by atoms with E-state index in [1.165, 1.54) is 13.2 Å². The third-order valence-corrected chi connectivity index (χ3v) is 4.08. The van der Waals surface area contributed by atoms with Crippen LogP contribution in [-0.2, 0) is 20.9 Å². The van der Waals surface area contributed by atoms with Gasteiger partial charge in [0.2, 0.25) is 10.0 Å². The van der Waals surface area contributed by atoms with Crippen molar-refractivity contribution in [1.29, 1.82) is 0 Å². The summed E-state index contributed by atoms with van der Waals surface area (Å²) in [5, 5.41) is 2.88. The number of hydrogen-bond acceptors (Lipinski definition) is 4. The normalized spacial score (nSPS) is 12.6. The molecule has 0 aliphatic rings. The van der Waals surface area contributed by atoms with Crippen molar-refractivity contribution >= 4 is 10.0 Å². The van der Waals surface area contributed by atoms with Crippen molar-refractivity contribution in [3.05, 3.63) is 29.8 Å². The van der Waals surface area contributed by atoms with Gasteiger partial charge in [0, 0.05) is 26.7 Å². The monoisotopic (exact) mass is 326 g/mol. The highest BCUT2D eigenvalue weighted by Gasteiger charge is 2.36. The molecule has 0 fully saturated rings. The maximum atomic E-state index is 12.8. The summed E-state index contributed by atoms with van der Waals surface area (Å²) in [6, 6.07) is 4.07. The molecule has 0 aliphatic carbocycles. The van der Waals surface area contributed by atoms with Crippen LogP contribution < -0.4 is 10.0 Å². The summed E-state index contributed by atoms with van der Waals surface area (Å²) in [6.45, 7) is 1.26. The smallest absolute Gasteiger partial charge is 0.383 e. The molecule has 1 aromatic rings. The SMILES string of the molecule is COCCNCCNS(=O)(=O)c1ccccc1C(F)(F)F. The minimum absolute atomic E-state index is 0.0156. The number of halogens is 3. The average molecular weight is 326 g/mol. The highest BCUT2D eigenvalue weighted by Crippen LogP contribution is 2.33. The second-order valence-corrected chi connectivity index (χ2v) is 5.87. The average Bonchev–Trinajstić information content (AvgIpc) is 2.42. The van der Waals surface area contributed by atoms with Gasteiger partial charge < -0.3 is 10.1 Å². The Labute approximate surface area is 121 Å². The molecule has 0 bridgehead atoms. The van der Waals surface area contributed by atoms with Gasteiger partial charge in [0.05, 0.1) is 17.1 Å².